The molecule has 0 nitrogen and oxygen atoms in total. The molecule has 0 rings (SSSR count). The van der Waals surface area contributed by atoms with E-state index in [4.69, 9.17) is 0 Å². The summed E-state index contributed by atoms with van der Waals surface area (Å²) in [5.74, 6) is 0. The third-order valence-corrected chi connectivity index (χ3v) is 2.75. The Labute approximate surface area is 53.3 Å². The summed E-state index contributed by atoms with van der Waals surface area (Å²) >= 11 is 3.92. The standard InChI is InChI=1S/C4H7BrSe/c1-2-6-4-3-5/h3-4H,2H2,1H3/b4-3-. The molecule has 0 radical (unpaired) electrons. The van der Waals surface area contributed by atoms with E-state index in [1.54, 1.807) is 0 Å². The monoisotopic (exact) mass is 214 g/mol. The average Bonchev–Trinajstić information content (AvgIpc) is 1.61. The summed E-state index contributed by atoms with van der Waals surface area (Å²) in [7, 11) is 0. The molecule has 0 aromatic heterocycles. The third kappa shape index (κ3) is 4.74. The van der Waals surface area contributed by atoms with Crippen molar-refractivity contribution >= 4 is 30.9 Å². The van der Waals surface area contributed by atoms with E-state index < -0.39 is 0 Å². The first-order valence-corrected chi connectivity index (χ1v) is 4.90. The molecule has 0 aromatic carbocycles. The molecular weight excluding hydrogens is 207 g/mol. The summed E-state index contributed by atoms with van der Waals surface area (Å²) < 4.78 is 0. The van der Waals surface area contributed by atoms with Crippen molar-refractivity contribution in [3.8, 4) is 0 Å². The van der Waals surface area contributed by atoms with Crippen LogP contribution in [0.2, 0.25) is 5.32 Å². The summed E-state index contributed by atoms with van der Waals surface area (Å²) in [6, 6.07) is 0. The van der Waals surface area contributed by atoms with Crippen LogP contribution in [0.5, 0.6) is 0 Å². The van der Waals surface area contributed by atoms with Gasteiger partial charge in [0.2, 0.25) is 0 Å². The Morgan fingerprint density at radius 1 is 1.83 bits per heavy atom. The first-order chi connectivity index (χ1) is 2.91. The predicted octanol–water partition coefficient (Wildman–Crippen LogP) is 1.99. The van der Waals surface area contributed by atoms with E-state index >= 15 is 0 Å². The van der Waals surface area contributed by atoms with Crippen LogP contribution in [-0.2, 0) is 0 Å². The molecule has 0 aliphatic rings. The zero-order valence-electron chi connectivity index (χ0n) is 3.65. The normalized spacial score (nSPS) is 10.3. The van der Waals surface area contributed by atoms with Gasteiger partial charge in [-0.2, -0.15) is 0 Å². The maximum absolute atomic E-state index is 3.19. The van der Waals surface area contributed by atoms with Crippen molar-refractivity contribution in [2.24, 2.45) is 0 Å². The van der Waals surface area contributed by atoms with Gasteiger partial charge in [0.05, 0.1) is 0 Å². The first kappa shape index (κ1) is 6.74. The fourth-order valence-electron chi connectivity index (χ4n) is 0.133. The molecular formula is C4H7BrSe. The topological polar surface area (TPSA) is 0 Å². The second-order valence-electron chi connectivity index (χ2n) is 0.717. The first-order valence-electron chi connectivity index (χ1n) is 1.78. The van der Waals surface area contributed by atoms with Gasteiger partial charge >= 0.3 is 53.1 Å². The summed E-state index contributed by atoms with van der Waals surface area (Å²) in [6.07, 6.45) is 0. The van der Waals surface area contributed by atoms with E-state index in [1.807, 2.05) is 4.99 Å². The van der Waals surface area contributed by atoms with Gasteiger partial charge < -0.3 is 0 Å². The van der Waals surface area contributed by atoms with Crippen LogP contribution >= 0.6 is 15.9 Å². The van der Waals surface area contributed by atoms with Gasteiger partial charge in [-0.05, 0) is 0 Å². The molecule has 0 spiro atoms. The van der Waals surface area contributed by atoms with Crippen LogP contribution in [0.15, 0.2) is 9.96 Å². The fraction of sp³-hybridized carbons (Fsp3) is 0.500. The van der Waals surface area contributed by atoms with Crippen LogP contribution < -0.4 is 0 Å². The summed E-state index contributed by atoms with van der Waals surface area (Å²) in [5, 5.41) is 1.30. The number of hydrogen-bond acceptors (Lipinski definition) is 0. The van der Waals surface area contributed by atoms with Crippen molar-refractivity contribution in [2.75, 3.05) is 0 Å². The molecule has 0 N–H and O–H groups in total. The molecule has 0 aromatic rings. The Morgan fingerprint density at radius 2 is 2.50 bits per heavy atom. The summed E-state index contributed by atoms with van der Waals surface area (Å²) in [4.78, 5) is 4.09. The van der Waals surface area contributed by atoms with Crippen LogP contribution in [0.3, 0.4) is 0 Å². The maximum atomic E-state index is 3.19. The van der Waals surface area contributed by atoms with Crippen molar-refractivity contribution in [3.63, 3.8) is 0 Å². The Morgan fingerprint density at radius 3 is 2.67 bits per heavy atom. The molecule has 0 atom stereocenters. The van der Waals surface area contributed by atoms with Crippen molar-refractivity contribution in [1.82, 2.24) is 0 Å². The number of halogens is 1. The molecule has 0 aliphatic heterocycles. The minimum atomic E-state index is 0.740. The van der Waals surface area contributed by atoms with Gasteiger partial charge in [0.15, 0.2) is 0 Å². The quantitative estimate of drug-likeness (QED) is 0.616. The van der Waals surface area contributed by atoms with Crippen LogP contribution in [0.4, 0.5) is 0 Å². The van der Waals surface area contributed by atoms with Gasteiger partial charge in [-0.25, -0.2) is 0 Å². The molecule has 6 heavy (non-hydrogen) atoms. The molecule has 0 fully saturated rings. The second kappa shape index (κ2) is 5.74. The Hall–Kier alpha value is 0.739. The molecule has 0 heterocycles. The van der Waals surface area contributed by atoms with Gasteiger partial charge in [-0.1, -0.05) is 0 Å². The van der Waals surface area contributed by atoms with Crippen LogP contribution in [0.25, 0.3) is 0 Å². The van der Waals surface area contributed by atoms with E-state index in [1.165, 1.54) is 5.32 Å². The average molecular weight is 214 g/mol. The van der Waals surface area contributed by atoms with E-state index in [0.717, 1.165) is 15.0 Å². The van der Waals surface area contributed by atoms with E-state index in [0.29, 0.717) is 0 Å². The minimum absolute atomic E-state index is 0.740. The molecule has 0 saturated heterocycles. The van der Waals surface area contributed by atoms with Crippen molar-refractivity contribution in [3.05, 3.63) is 9.96 Å². The second-order valence-corrected chi connectivity index (χ2v) is 3.73. The Kier molecular flexibility index (Phi) is 6.45. The molecule has 0 saturated carbocycles. The summed E-state index contributed by atoms with van der Waals surface area (Å²) in [5.41, 5.74) is 0. The van der Waals surface area contributed by atoms with Crippen molar-refractivity contribution in [2.45, 2.75) is 12.2 Å². The zero-order valence-corrected chi connectivity index (χ0v) is 6.95. The zero-order chi connectivity index (χ0) is 4.83. The molecule has 2 heteroatoms. The van der Waals surface area contributed by atoms with E-state index in [2.05, 4.69) is 27.8 Å². The molecule has 36 valence electrons. The number of rotatable bonds is 2. The van der Waals surface area contributed by atoms with Crippen LogP contribution in [0, 0.1) is 0 Å². The predicted molar refractivity (Wildman–Crippen MR) is 34.3 cm³/mol. The molecule has 0 unspecified atom stereocenters. The third-order valence-electron chi connectivity index (χ3n) is 0.314. The van der Waals surface area contributed by atoms with Crippen LogP contribution in [-0.4, -0.2) is 15.0 Å². The molecule has 0 aliphatic carbocycles. The van der Waals surface area contributed by atoms with E-state index in [-0.39, 0.29) is 0 Å². The Balaban J connectivity index is 2.66. The van der Waals surface area contributed by atoms with Gasteiger partial charge in [0.1, 0.15) is 0 Å². The van der Waals surface area contributed by atoms with Gasteiger partial charge in [0, 0.05) is 0 Å². The Bertz CT molecular complexity index is 42.8. The fourth-order valence-corrected chi connectivity index (χ4v) is 1.48. The van der Waals surface area contributed by atoms with Crippen LogP contribution in [0.1, 0.15) is 6.92 Å². The van der Waals surface area contributed by atoms with Crippen molar-refractivity contribution in [1.29, 1.82) is 0 Å². The SMILES string of the molecule is CC[Se]/C=C\Br. The van der Waals surface area contributed by atoms with E-state index in [9.17, 15) is 0 Å². The van der Waals surface area contributed by atoms with Gasteiger partial charge in [-0.15, -0.1) is 0 Å². The number of hydrogen-bond donors (Lipinski definition) is 0. The van der Waals surface area contributed by atoms with Gasteiger partial charge in [0.25, 0.3) is 0 Å². The van der Waals surface area contributed by atoms with Crippen molar-refractivity contribution < 1.29 is 0 Å². The van der Waals surface area contributed by atoms with Gasteiger partial charge in [-0.3, -0.25) is 0 Å². The summed E-state index contributed by atoms with van der Waals surface area (Å²) in [6.45, 7) is 2.19. The molecule has 0 bridgehead atoms. The molecule has 0 amide bonds.